The highest BCUT2D eigenvalue weighted by atomic mass is 127. The molecule has 2 aromatic rings. The number of aliphatic hydroxyl groups excluding tert-OH is 1. The summed E-state index contributed by atoms with van der Waals surface area (Å²) >= 11 is 4.60. The van der Waals surface area contributed by atoms with Crippen LogP contribution < -0.4 is 0 Å². The van der Waals surface area contributed by atoms with E-state index in [0.717, 1.165) is 18.9 Å². The number of aromatic nitrogens is 2. The van der Waals surface area contributed by atoms with Gasteiger partial charge in [0.25, 0.3) is 0 Å². The summed E-state index contributed by atoms with van der Waals surface area (Å²) in [6.45, 7) is 8.37. The molecule has 0 spiro atoms. The summed E-state index contributed by atoms with van der Waals surface area (Å²) in [5.74, 6) is 0.790. The normalized spacial score (nSPS) is 13.4. The zero-order valence-electron chi connectivity index (χ0n) is 13.5. The summed E-state index contributed by atoms with van der Waals surface area (Å²) in [4.78, 5) is 0. The standard InChI is InChI=1S/C9H14IN.C8H12INO/c1-3-8(2)6-11-5-4-9(10)7-11;1-2-8(11)6-10-4-3-7(9)5-10/h4-5,7-8H,3,6H2,1-2H3;3-5,8,11H,2,6H2,1H3. The van der Waals surface area contributed by atoms with Gasteiger partial charge in [-0.2, -0.15) is 0 Å². The Hall–Kier alpha value is -0.0200. The van der Waals surface area contributed by atoms with Crippen LogP contribution in [0.5, 0.6) is 0 Å². The van der Waals surface area contributed by atoms with Crippen molar-refractivity contribution in [1.29, 1.82) is 0 Å². The fraction of sp³-hybridized carbons (Fsp3) is 0.529. The predicted molar refractivity (Wildman–Crippen MR) is 110 cm³/mol. The number of hydrogen-bond acceptors (Lipinski definition) is 1. The minimum absolute atomic E-state index is 0.210. The van der Waals surface area contributed by atoms with Gasteiger partial charge in [0.2, 0.25) is 0 Å². The smallest absolute Gasteiger partial charge is 0.0716 e. The maximum absolute atomic E-state index is 9.30. The lowest BCUT2D eigenvalue weighted by molar-refractivity contribution is 0.150. The van der Waals surface area contributed by atoms with Crippen LogP contribution in [0.4, 0.5) is 0 Å². The minimum atomic E-state index is -0.210. The summed E-state index contributed by atoms with van der Waals surface area (Å²) in [6, 6.07) is 4.17. The summed E-state index contributed by atoms with van der Waals surface area (Å²) in [6.07, 6.45) is 10.2. The van der Waals surface area contributed by atoms with E-state index in [1.165, 1.54) is 13.6 Å². The van der Waals surface area contributed by atoms with Crippen LogP contribution >= 0.6 is 45.2 Å². The van der Waals surface area contributed by atoms with E-state index in [4.69, 9.17) is 0 Å². The number of rotatable bonds is 6. The van der Waals surface area contributed by atoms with Crippen LogP contribution in [0.25, 0.3) is 0 Å². The summed E-state index contributed by atoms with van der Waals surface area (Å²) in [5, 5.41) is 9.30. The molecule has 2 atom stereocenters. The van der Waals surface area contributed by atoms with Gasteiger partial charge in [0.05, 0.1) is 6.10 Å². The van der Waals surface area contributed by atoms with Gasteiger partial charge in [-0.15, -0.1) is 0 Å². The second-order valence-corrected chi connectivity index (χ2v) is 8.12. The molecule has 22 heavy (non-hydrogen) atoms. The topological polar surface area (TPSA) is 30.1 Å². The van der Waals surface area contributed by atoms with Gasteiger partial charge >= 0.3 is 0 Å². The van der Waals surface area contributed by atoms with Crippen LogP contribution in [-0.4, -0.2) is 20.3 Å². The highest BCUT2D eigenvalue weighted by Gasteiger charge is 2.01. The maximum atomic E-state index is 9.30. The monoisotopic (exact) mass is 528 g/mol. The van der Waals surface area contributed by atoms with E-state index in [0.29, 0.717) is 6.54 Å². The summed E-state index contributed by atoms with van der Waals surface area (Å²) in [5.41, 5.74) is 0. The number of hydrogen-bond donors (Lipinski definition) is 1. The highest BCUT2D eigenvalue weighted by molar-refractivity contribution is 14.1. The SMILES string of the molecule is CCC(C)Cn1ccc(I)c1.CCC(O)Cn1ccc(I)c1. The number of aliphatic hydroxyl groups is 1. The van der Waals surface area contributed by atoms with Crippen LogP contribution in [0.3, 0.4) is 0 Å². The Kier molecular flexibility index (Phi) is 9.74. The van der Waals surface area contributed by atoms with Crippen molar-refractivity contribution < 1.29 is 5.11 Å². The van der Waals surface area contributed by atoms with Crippen molar-refractivity contribution in [2.75, 3.05) is 0 Å². The van der Waals surface area contributed by atoms with Crippen molar-refractivity contribution in [3.05, 3.63) is 44.1 Å². The van der Waals surface area contributed by atoms with Gasteiger partial charge in [0, 0.05) is 45.0 Å². The molecule has 0 saturated heterocycles. The molecule has 5 heteroatoms. The molecule has 2 aromatic heterocycles. The van der Waals surface area contributed by atoms with Gasteiger partial charge in [-0.05, 0) is 69.7 Å². The summed E-state index contributed by atoms with van der Waals surface area (Å²) < 4.78 is 6.81. The lowest BCUT2D eigenvalue weighted by Gasteiger charge is -2.08. The average molecular weight is 528 g/mol. The third kappa shape index (κ3) is 8.01. The third-order valence-corrected chi connectivity index (χ3v) is 4.82. The summed E-state index contributed by atoms with van der Waals surface area (Å²) in [7, 11) is 0. The lowest BCUT2D eigenvalue weighted by atomic mass is 10.1. The first-order valence-corrected chi connectivity index (χ1v) is 9.90. The van der Waals surface area contributed by atoms with Gasteiger partial charge in [-0.25, -0.2) is 0 Å². The van der Waals surface area contributed by atoms with Crippen molar-refractivity contribution in [3.63, 3.8) is 0 Å². The van der Waals surface area contributed by atoms with Crippen LogP contribution in [0.15, 0.2) is 36.9 Å². The van der Waals surface area contributed by atoms with E-state index >= 15 is 0 Å². The molecule has 3 nitrogen and oxygen atoms in total. The van der Waals surface area contributed by atoms with E-state index in [9.17, 15) is 5.11 Å². The van der Waals surface area contributed by atoms with Crippen LogP contribution in [0.2, 0.25) is 0 Å². The molecule has 0 amide bonds. The molecule has 2 heterocycles. The molecule has 1 N–H and O–H groups in total. The van der Waals surface area contributed by atoms with Gasteiger partial charge < -0.3 is 14.2 Å². The zero-order valence-corrected chi connectivity index (χ0v) is 17.9. The Labute approximate surface area is 161 Å². The fourth-order valence-corrected chi connectivity index (χ4v) is 2.95. The Morgan fingerprint density at radius 1 is 0.955 bits per heavy atom. The predicted octanol–water partition coefficient (Wildman–Crippen LogP) is 5.00. The molecule has 0 aromatic carbocycles. The first-order valence-electron chi connectivity index (χ1n) is 7.75. The van der Waals surface area contributed by atoms with E-state index in [1.807, 2.05) is 30.0 Å². The Morgan fingerprint density at radius 2 is 1.45 bits per heavy atom. The first-order chi connectivity index (χ1) is 10.4. The molecule has 0 aliphatic carbocycles. The van der Waals surface area contributed by atoms with Gasteiger partial charge in [-0.3, -0.25) is 0 Å². The zero-order chi connectivity index (χ0) is 16.5. The average Bonchev–Trinajstić information content (AvgIpc) is 3.08. The second-order valence-electron chi connectivity index (χ2n) is 5.63. The van der Waals surface area contributed by atoms with Gasteiger partial charge in [-0.1, -0.05) is 27.2 Å². The molecule has 0 saturated carbocycles. The van der Waals surface area contributed by atoms with E-state index < -0.39 is 0 Å². The molecule has 2 unspecified atom stereocenters. The van der Waals surface area contributed by atoms with Crippen molar-refractivity contribution >= 4 is 45.2 Å². The molecule has 2 rings (SSSR count). The van der Waals surface area contributed by atoms with Crippen LogP contribution in [-0.2, 0) is 13.1 Å². The number of halogens is 2. The fourth-order valence-electron chi connectivity index (χ4n) is 1.91. The van der Waals surface area contributed by atoms with Crippen LogP contribution in [0.1, 0.15) is 33.6 Å². The van der Waals surface area contributed by atoms with E-state index in [1.54, 1.807) is 0 Å². The van der Waals surface area contributed by atoms with E-state index in [-0.39, 0.29) is 6.10 Å². The molecule has 0 radical (unpaired) electrons. The highest BCUT2D eigenvalue weighted by Crippen LogP contribution is 2.09. The van der Waals surface area contributed by atoms with Crippen molar-refractivity contribution in [2.24, 2.45) is 5.92 Å². The van der Waals surface area contributed by atoms with Crippen LogP contribution in [0, 0.1) is 13.1 Å². The van der Waals surface area contributed by atoms with Crippen molar-refractivity contribution in [2.45, 2.75) is 52.8 Å². The van der Waals surface area contributed by atoms with E-state index in [2.05, 4.69) is 82.1 Å². The van der Waals surface area contributed by atoms with Crippen molar-refractivity contribution in [1.82, 2.24) is 9.13 Å². The number of nitrogens with zero attached hydrogens (tertiary/aromatic N) is 2. The third-order valence-electron chi connectivity index (χ3n) is 3.54. The molecule has 0 bridgehead atoms. The molecule has 0 fully saturated rings. The maximum Gasteiger partial charge on any atom is 0.0716 e. The lowest BCUT2D eigenvalue weighted by Crippen LogP contribution is -2.12. The van der Waals surface area contributed by atoms with Crippen molar-refractivity contribution in [3.8, 4) is 0 Å². The molecular weight excluding hydrogens is 502 g/mol. The van der Waals surface area contributed by atoms with Gasteiger partial charge in [0.15, 0.2) is 0 Å². The molecule has 0 aliphatic rings. The molecule has 0 aliphatic heterocycles. The Morgan fingerprint density at radius 3 is 1.82 bits per heavy atom. The first kappa shape index (κ1) is 20.0. The largest absolute Gasteiger partial charge is 0.391 e. The quantitative estimate of drug-likeness (QED) is 0.526. The Balaban J connectivity index is 0.000000220. The molecular formula is C17H26I2N2O. The minimum Gasteiger partial charge on any atom is -0.391 e. The Bertz CT molecular complexity index is 488. The molecule has 124 valence electrons. The second kappa shape index (κ2) is 10.7. The van der Waals surface area contributed by atoms with Gasteiger partial charge in [0.1, 0.15) is 0 Å².